The molecule has 0 fully saturated rings. The Balaban J connectivity index is 1.70. The highest BCUT2D eigenvalue weighted by atomic mass is 16.2. The summed E-state index contributed by atoms with van der Waals surface area (Å²) >= 11 is 0. The van der Waals surface area contributed by atoms with Gasteiger partial charge in [-0.3, -0.25) is 9.59 Å². The van der Waals surface area contributed by atoms with Gasteiger partial charge in [-0.1, -0.05) is 42.5 Å². The van der Waals surface area contributed by atoms with Crippen molar-refractivity contribution in [2.24, 2.45) is 0 Å². The summed E-state index contributed by atoms with van der Waals surface area (Å²) in [6, 6.07) is 26.5. The standard InChI is InChI=1S/C25H27N3O2/c1-3-27(22-14-7-5-8-15-22)19-24(29)26-21-13-11-12-20(18-21)25(30)28(4-2)23-16-9-6-10-17-23/h5-18H,3-4,19H2,1-2H3,(H,26,29). The second-order valence-electron chi connectivity index (χ2n) is 6.86. The average Bonchev–Trinajstić information content (AvgIpc) is 2.79. The van der Waals surface area contributed by atoms with Crippen molar-refractivity contribution in [1.29, 1.82) is 0 Å². The lowest BCUT2D eigenvalue weighted by Crippen LogP contribution is -2.33. The highest BCUT2D eigenvalue weighted by Gasteiger charge is 2.17. The lowest BCUT2D eigenvalue weighted by molar-refractivity contribution is -0.115. The highest BCUT2D eigenvalue weighted by molar-refractivity contribution is 6.07. The molecule has 0 saturated heterocycles. The Kier molecular flexibility index (Phi) is 7.22. The van der Waals surface area contributed by atoms with Crippen LogP contribution in [0.25, 0.3) is 0 Å². The van der Waals surface area contributed by atoms with Gasteiger partial charge < -0.3 is 15.1 Å². The van der Waals surface area contributed by atoms with Crippen LogP contribution in [0.15, 0.2) is 84.9 Å². The van der Waals surface area contributed by atoms with Crippen molar-refractivity contribution in [2.75, 3.05) is 34.8 Å². The van der Waals surface area contributed by atoms with Gasteiger partial charge in [-0.15, -0.1) is 0 Å². The number of nitrogens with one attached hydrogen (secondary N) is 1. The molecule has 0 unspecified atom stereocenters. The second kappa shape index (κ2) is 10.3. The maximum atomic E-state index is 13.0. The predicted octanol–water partition coefficient (Wildman–Crippen LogP) is 4.82. The summed E-state index contributed by atoms with van der Waals surface area (Å²) < 4.78 is 0. The van der Waals surface area contributed by atoms with Gasteiger partial charge in [-0.05, 0) is 56.3 Å². The molecule has 3 aromatic carbocycles. The van der Waals surface area contributed by atoms with Crippen LogP contribution in [0.3, 0.4) is 0 Å². The van der Waals surface area contributed by atoms with Crippen LogP contribution in [0, 0.1) is 0 Å². The lowest BCUT2D eigenvalue weighted by atomic mass is 10.1. The summed E-state index contributed by atoms with van der Waals surface area (Å²) in [5.74, 6) is -0.222. The van der Waals surface area contributed by atoms with E-state index in [0.717, 1.165) is 17.9 Å². The molecule has 0 aliphatic heterocycles. The number of carbonyl (C=O) groups is 2. The summed E-state index contributed by atoms with van der Waals surface area (Å²) in [4.78, 5) is 29.3. The number of benzene rings is 3. The zero-order valence-corrected chi connectivity index (χ0v) is 17.4. The van der Waals surface area contributed by atoms with Crippen molar-refractivity contribution in [3.05, 3.63) is 90.5 Å². The van der Waals surface area contributed by atoms with E-state index in [1.807, 2.05) is 79.4 Å². The molecule has 0 bridgehead atoms. The van der Waals surface area contributed by atoms with E-state index in [9.17, 15) is 9.59 Å². The normalized spacial score (nSPS) is 10.3. The Morgan fingerprint density at radius 2 is 1.40 bits per heavy atom. The largest absolute Gasteiger partial charge is 0.362 e. The maximum Gasteiger partial charge on any atom is 0.258 e. The molecule has 0 aromatic heterocycles. The SMILES string of the molecule is CCN(CC(=O)Nc1cccc(C(=O)N(CC)c2ccccc2)c1)c1ccccc1. The van der Waals surface area contributed by atoms with Gasteiger partial charge in [0.1, 0.15) is 0 Å². The summed E-state index contributed by atoms with van der Waals surface area (Å²) in [5.41, 5.74) is 2.99. The molecule has 0 spiro atoms. The number of para-hydroxylation sites is 2. The van der Waals surface area contributed by atoms with Gasteiger partial charge in [-0.2, -0.15) is 0 Å². The third-order valence-electron chi connectivity index (χ3n) is 4.86. The molecule has 0 aliphatic rings. The van der Waals surface area contributed by atoms with Crippen molar-refractivity contribution < 1.29 is 9.59 Å². The van der Waals surface area contributed by atoms with Crippen LogP contribution in [0.1, 0.15) is 24.2 Å². The molecule has 0 aliphatic carbocycles. The molecule has 0 atom stereocenters. The van der Waals surface area contributed by atoms with Crippen molar-refractivity contribution in [2.45, 2.75) is 13.8 Å². The fourth-order valence-corrected chi connectivity index (χ4v) is 3.34. The van der Waals surface area contributed by atoms with Crippen LogP contribution in [-0.4, -0.2) is 31.4 Å². The van der Waals surface area contributed by atoms with Gasteiger partial charge in [-0.25, -0.2) is 0 Å². The quantitative estimate of drug-likeness (QED) is 0.589. The molecule has 5 heteroatoms. The number of rotatable bonds is 8. The van der Waals surface area contributed by atoms with E-state index >= 15 is 0 Å². The Morgan fingerprint density at radius 3 is 2.00 bits per heavy atom. The second-order valence-corrected chi connectivity index (χ2v) is 6.86. The van der Waals surface area contributed by atoms with E-state index in [1.165, 1.54) is 0 Å². The first-order valence-corrected chi connectivity index (χ1v) is 10.2. The van der Waals surface area contributed by atoms with Crippen LogP contribution >= 0.6 is 0 Å². The topological polar surface area (TPSA) is 52.7 Å². The summed E-state index contributed by atoms with van der Waals surface area (Å²) in [6.07, 6.45) is 0. The Morgan fingerprint density at radius 1 is 0.767 bits per heavy atom. The number of nitrogens with zero attached hydrogens (tertiary/aromatic N) is 2. The molecule has 0 radical (unpaired) electrons. The summed E-state index contributed by atoms with van der Waals surface area (Å²) in [7, 11) is 0. The first-order valence-electron chi connectivity index (χ1n) is 10.2. The number of hydrogen-bond donors (Lipinski definition) is 1. The van der Waals surface area contributed by atoms with Crippen molar-refractivity contribution in [3.63, 3.8) is 0 Å². The third kappa shape index (κ3) is 5.26. The summed E-state index contributed by atoms with van der Waals surface area (Å²) in [6.45, 7) is 5.48. The minimum absolute atomic E-state index is 0.0979. The molecule has 154 valence electrons. The minimum Gasteiger partial charge on any atom is -0.362 e. The van der Waals surface area contributed by atoms with E-state index in [1.54, 1.807) is 29.2 Å². The third-order valence-corrected chi connectivity index (χ3v) is 4.86. The lowest BCUT2D eigenvalue weighted by Gasteiger charge is -2.23. The number of hydrogen-bond acceptors (Lipinski definition) is 3. The zero-order chi connectivity index (χ0) is 21.3. The molecule has 5 nitrogen and oxygen atoms in total. The fraction of sp³-hybridized carbons (Fsp3) is 0.200. The average molecular weight is 402 g/mol. The fourth-order valence-electron chi connectivity index (χ4n) is 3.34. The molecule has 2 amide bonds. The molecular formula is C25H27N3O2. The van der Waals surface area contributed by atoms with E-state index in [2.05, 4.69) is 5.32 Å². The van der Waals surface area contributed by atoms with Crippen molar-refractivity contribution >= 4 is 28.9 Å². The van der Waals surface area contributed by atoms with Crippen LogP contribution < -0.4 is 15.1 Å². The Labute approximate surface area is 177 Å². The molecule has 3 aromatic rings. The van der Waals surface area contributed by atoms with Gasteiger partial charge >= 0.3 is 0 Å². The highest BCUT2D eigenvalue weighted by Crippen LogP contribution is 2.19. The first kappa shape index (κ1) is 21.1. The van der Waals surface area contributed by atoms with Crippen LogP contribution in [0.2, 0.25) is 0 Å². The molecule has 0 heterocycles. The molecule has 3 rings (SSSR count). The Hall–Kier alpha value is -3.60. The molecular weight excluding hydrogens is 374 g/mol. The van der Waals surface area contributed by atoms with Crippen molar-refractivity contribution in [3.8, 4) is 0 Å². The van der Waals surface area contributed by atoms with E-state index in [-0.39, 0.29) is 18.4 Å². The maximum absolute atomic E-state index is 13.0. The van der Waals surface area contributed by atoms with E-state index < -0.39 is 0 Å². The van der Waals surface area contributed by atoms with Crippen molar-refractivity contribution in [1.82, 2.24) is 0 Å². The van der Waals surface area contributed by atoms with Gasteiger partial charge in [0, 0.05) is 35.7 Å². The Bertz CT molecular complexity index is 974. The van der Waals surface area contributed by atoms with Crippen LogP contribution in [-0.2, 0) is 4.79 Å². The van der Waals surface area contributed by atoms with Crippen LogP contribution in [0.5, 0.6) is 0 Å². The van der Waals surface area contributed by atoms with Gasteiger partial charge in [0.05, 0.1) is 6.54 Å². The smallest absolute Gasteiger partial charge is 0.258 e. The number of anilines is 3. The number of likely N-dealkylation sites (N-methyl/N-ethyl adjacent to an activating group) is 1. The molecule has 30 heavy (non-hydrogen) atoms. The number of carbonyl (C=O) groups excluding carboxylic acids is 2. The number of amides is 2. The van der Waals surface area contributed by atoms with Gasteiger partial charge in [0.15, 0.2) is 0 Å². The zero-order valence-electron chi connectivity index (χ0n) is 17.4. The van der Waals surface area contributed by atoms with Crippen LogP contribution in [0.4, 0.5) is 17.1 Å². The minimum atomic E-state index is -0.124. The van der Waals surface area contributed by atoms with E-state index in [4.69, 9.17) is 0 Å². The van der Waals surface area contributed by atoms with Gasteiger partial charge in [0.25, 0.3) is 5.91 Å². The van der Waals surface area contributed by atoms with Gasteiger partial charge in [0.2, 0.25) is 5.91 Å². The molecule has 1 N–H and O–H groups in total. The predicted molar refractivity (Wildman–Crippen MR) is 123 cm³/mol. The summed E-state index contributed by atoms with van der Waals surface area (Å²) in [5, 5.41) is 2.92. The van der Waals surface area contributed by atoms with E-state index in [0.29, 0.717) is 17.8 Å². The monoisotopic (exact) mass is 401 g/mol. The molecule has 0 saturated carbocycles. The first-order chi connectivity index (χ1) is 14.6.